The molecule has 2 aromatic rings. The summed E-state index contributed by atoms with van der Waals surface area (Å²) in [5.74, 6) is 0.687. The van der Waals surface area contributed by atoms with Crippen molar-refractivity contribution in [3.63, 3.8) is 0 Å². The van der Waals surface area contributed by atoms with Crippen molar-refractivity contribution in [3.8, 4) is 5.75 Å². The van der Waals surface area contributed by atoms with Crippen molar-refractivity contribution in [2.24, 2.45) is 0 Å². The number of unbranched alkanes of at least 4 members (excludes halogenated alkanes) is 2. The van der Waals surface area contributed by atoms with Crippen molar-refractivity contribution in [2.75, 3.05) is 7.11 Å². The van der Waals surface area contributed by atoms with E-state index in [1.165, 1.54) is 0 Å². The van der Waals surface area contributed by atoms with E-state index in [4.69, 9.17) is 4.74 Å². The van der Waals surface area contributed by atoms with Gasteiger partial charge in [-0.2, -0.15) is 0 Å². The number of aromatic amines is 1. The van der Waals surface area contributed by atoms with E-state index in [1.54, 1.807) is 13.2 Å². The first-order valence-electron chi connectivity index (χ1n) is 6.89. The van der Waals surface area contributed by atoms with Crippen molar-refractivity contribution in [3.05, 3.63) is 39.7 Å². The lowest BCUT2D eigenvalue weighted by Crippen LogP contribution is -2.15. The molecule has 0 saturated carbocycles. The number of benzene rings is 1. The van der Waals surface area contributed by atoms with Crippen LogP contribution in [0.2, 0.25) is 0 Å². The lowest BCUT2D eigenvalue weighted by Gasteiger charge is -2.10. The Hall–Kier alpha value is -2.10. The van der Waals surface area contributed by atoms with Crippen LogP contribution in [0.15, 0.2) is 23.0 Å². The summed E-state index contributed by atoms with van der Waals surface area (Å²) in [6.45, 7) is 2.13. The van der Waals surface area contributed by atoms with Crippen molar-refractivity contribution in [2.45, 2.75) is 32.6 Å². The summed E-state index contributed by atoms with van der Waals surface area (Å²) < 4.78 is 5.17. The summed E-state index contributed by atoms with van der Waals surface area (Å²) in [6.07, 6.45) is 4.56. The van der Waals surface area contributed by atoms with Crippen molar-refractivity contribution in [1.82, 2.24) is 4.98 Å². The maximum Gasteiger partial charge on any atom is 0.259 e. The van der Waals surface area contributed by atoms with Crippen LogP contribution < -0.4 is 10.3 Å². The molecule has 0 amide bonds. The Bertz CT molecular complexity index is 673. The van der Waals surface area contributed by atoms with E-state index in [1.807, 2.05) is 12.1 Å². The van der Waals surface area contributed by atoms with Crippen LogP contribution in [0, 0.1) is 0 Å². The molecule has 106 valence electrons. The van der Waals surface area contributed by atoms with Crippen molar-refractivity contribution < 1.29 is 9.53 Å². The molecule has 0 radical (unpaired) electrons. The third-order valence-corrected chi connectivity index (χ3v) is 3.52. The molecule has 1 N–H and O–H groups in total. The highest BCUT2D eigenvalue weighted by molar-refractivity contribution is 5.90. The van der Waals surface area contributed by atoms with Gasteiger partial charge in [-0.15, -0.1) is 0 Å². The van der Waals surface area contributed by atoms with Gasteiger partial charge in [0.2, 0.25) is 0 Å². The molecule has 4 nitrogen and oxygen atoms in total. The van der Waals surface area contributed by atoms with E-state index >= 15 is 0 Å². The lowest BCUT2D eigenvalue weighted by atomic mass is 9.98. The first kappa shape index (κ1) is 14.3. The van der Waals surface area contributed by atoms with Gasteiger partial charge in [-0.3, -0.25) is 9.59 Å². The number of aryl methyl sites for hydroxylation is 1. The quantitative estimate of drug-likeness (QED) is 0.650. The third kappa shape index (κ3) is 2.74. The largest absolute Gasteiger partial charge is 0.497 e. The number of pyridine rings is 1. The summed E-state index contributed by atoms with van der Waals surface area (Å²) in [6, 6.07) is 5.53. The predicted octanol–water partition coefficient (Wildman–Crippen LogP) is 3.08. The molecule has 0 spiro atoms. The minimum atomic E-state index is -0.327. The molecule has 0 fully saturated rings. The zero-order chi connectivity index (χ0) is 14.5. The molecule has 0 atom stereocenters. The number of carbonyl (C=O) groups is 1. The first-order valence-corrected chi connectivity index (χ1v) is 6.89. The standard InChI is InChI=1S/C16H19NO3/c1-3-4-5-6-12-13-8-7-11(20-2)9-15(13)17-16(19)14(12)10-18/h7-10H,3-6H2,1-2H3,(H,17,19). The van der Waals surface area contributed by atoms with Crippen LogP contribution in [-0.2, 0) is 6.42 Å². The minimum absolute atomic E-state index is 0.249. The van der Waals surface area contributed by atoms with E-state index in [2.05, 4.69) is 11.9 Å². The highest BCUT2D eigenvalue weighted by Gasteiger charge is 2.12. The average Bonchev–Trinajstić information content (AvgIpc) is 2.46. The van der Waals surface area contributed by atoms with Crippen LogP contribution in [0.25, 0.3) is 10.9 Å². The number of fused-ring (bicyclic) bond motifs is 1. The van der Waals surface area contributed by atoms with Crippen molar-refractivity contribution in [1.29, 1.82) is 0 Å². The number of rotatable bonds is 6. The van der Waals surface area contributed by atoms with Gasteiger partial charge >= 0.3 is 0 Å². The van der Waals surface area contributed by atoms with Gasteiger partial charge in [-0.1, -0.05) is 19.8 Å². The van der Waals surface area contributed by atoms with E-state index < -0.39 is 0 Å². The van der Waals surface area contributed by atoms with E-state index in [-0.39, 0.29) is 11.1 Å². The summed E-state index contributed by atoms with van der Waals surface area (Å²) in [7, 11) is 1.58. The molecule has 1 heterocycles. The Labute approximate surface area is 117 Å². The molecule has 0 aliphatic heterocycles. The molecule has 2 rings (SSSR count). The molecule has 4 heteroatoms. The maximum atomic E-state index is 12.0. The van der Waals surface area contributed by atoms with Crippen LogP contribution in [0.3, 0.4) is 0 Å². The van der Waals surface area contributed by atoms with Gasteiger partial charge in [0, 0.05) is 11.5 Å². The normalized spacial score (nSPS) is 10.7. The van der Waals surface area contributed by atoms with Gasteiger partial charge in [0.15, 0.2) is 6.29 Å². The Morgan fingerprint density at radius 1 is 1.30 bits per heavy atom. The number of nitrogens with one attached hydrogen (secondary N) is 1. The smallest absolute Gasteiger partial charge is 0.259 e. The van der Waals surface area contributed by atoms with Crippen LogP contribution >= 0.6 is 0 Å². The molecule has 0 saturated heterocycles. The summed E-state index contributed by atoms with van der Waals surface area (Å²) >= 11 is 0. The number of hydrogen-bond acceptors (Lipinski definition) is 3. The van der Waals surface area contributed by atoms with Gasteiger partial charge < -0.3 is 9.72 Å². The fourth-order valence-corrected chi connectivity index (χ4v) is 2.43. The second-order valence-electron chi connectivity index (χ2n) is 4.83. The van der Waals surface area contributed by atoms with Crippen molar-refractivity contribution >= 4 is 17.2 Å². The van der Waals surface area contributed by atoms with Gasteiger partial charge in [-0.25, -0.2) is 0 Å². The highest BCUT2D eigenvalue weighted by atomic mass is 16.5. The van der Waals surface area contributed by atoms with E-state index in [0.29, 0.717) is 17.6 Å². The fourth-order valence-electron chi connectivity index (χ4n) is 2.43. The zero-order valence-electron chi connectivity index (χ0n) is 11.9. The Morgan fingerprint density at radius 3 is 2.75 bits per heavy atom. The second-order valence-corrected chi connectivity index (χ2v) is 4.83. The number of aromatic nitrogens is 1. The molecule has 0 aliphatic rings. The summed E-state index contributed by atoms with van der Waals surface area (Å²) in [4.78, 5) is 25.9. The van der Waals surface area contributed by atoms with Gasteiger partial charge in [0.1, 0.15) is 5.75 Å². The Morgan fingerprint density at radius 2 is 2.10 bits per heavy atom. The number of hydrogen-bond donors (Lipinski definition) is 1. The van der Waals surface area contributed by atoms with E-state index in [9.17, 15) is 9.59 Å². The molecule has 20 heavy (non-hydrogen) atoms. The molecule has 0 bridgehead atoms. The first-order chi connectivity index (χ1) is 9.71. The topological polar surface area (TPSA) is 59.2 Å². The molecular weight excluding hydrogens is 254 g/mol. The second kappa shape index (κ2) is 6.37. The minimum Gasteiger partial charge on any atom is -0.497 e. The van der Waals surface area contributed by atoms with Crippen LogP contribution in [0.5, 0.6) is 5.75 Å². The Balaban J connectivity index is 2.59. The molecule has 0 unspecified atom stereocenters. The molecule has 1 aromatic carbocycles. The summed E-state index contributed by atoms with van der Waals surface area (Å²) in [5.41, 5.74) is 1.48. The SMILES string of the molecule is CCCCCc1c(C=O)c(=O)[nH]c2cc(OC)ccc12. The number of ether oxygens (including phenoxy) is 1. The number of methoxy groups -OCH3 is 1. The monoisotopic (exact) mass is 273 g/mol. The van der Waals surface area contributed by atoms with Gasteiger partial charge in [0.05, 0.1) is 18.2 Å². The van der Waals surface area contributed by atoms with Gasteiger partial charge in [-0.05, 0) is 30.5 Å². The van der Waals surface area contributed by atoms with Crippen LogP contribution in [-0.4, -0.2) is 18.4 Å². The van der Waals surface area contributed by atoms with Gasteiger partial charge in [0.25, 0.3) is 5.56 Å². The average molecular weight is 273 g/mol. The van der Waals surface area contributed by atoms with E-state index in [0.717, 1.165) is 36.6 Å². The molecule has 0 aliphatic carbocycles. The Kier molecular flexibility index (Phi) is 4.56. The predicted molar refractivity (Wildman–Crippen MR) is 79.7 cm³/mol. The lowest BCUT2D eigenvalue weighted by molar-refractivity contribution is 0.112. The third-order valence-electron chi connectivity index (χ3n) is 3.52. The molecule has 1 aromatic heterocycles. The summed E-state index contributed by atoms with van der Waals surface area (Å²) in [5, 5.41) is 0.920. The molecular formula is C16H19NO3. The number of carbonyl (C=O) groups excluding carboxylic acids is 1. The maximum absolute atomic E-state index is 12.0. The zero-order valence-corrected chi connectivity index (χ0v) is 11.9. The highest BCUT2D eigenvalue weighted by Crippen LogP contribution is 2.24. The number of aldehydes is 1. The van der Waals surface area contributed by atoms with Crippen LogP contribution in [0.1, 0.15) is 42.1 Å². The van der Waals surface area contributed by atoms with Crippen LogP contribution in [0.4, 0.5) is 0 Å². The fraction of sp³-hybridized carbons (Fsp3) is 0.375. The number of H-pyrrole nitrogens is 1.